The average Bonchev–Trinajstić information content (AvgIpc) is 2.98. The van der Waals surface area contributed by atoms with Gasteiger partial charge in [0.15, 0.2) is 0 Å². The Morgan fingerprint density at radius 2 is 1.77 bits per heavy atom. The first-order valence-corrected chi connectivity index (χ1v) is 12.3. The molecule has 0 aliphatic heterocycles. The fourth-order valence-electron chi connectivity index (χ4n) is 8.16. The van der Waals surface area contributed by atoms with Gasteiger partial charge in [-0.05, 0) is 98.7 Å². The van der Waals surface area contributed by atoms with Crippen LogP contribution >= 0.6 is 0 Å². The van der Waals surface area contributed by atoms with E-state index in [1.54, 1.807) is 0 Å². The van der Waals surface area contributed by atoms with Crippen molar-refractivity contribution in [1.29, 1.82) is 0 Å². The Kier molecular flexibility index (Phi) is 5.69. The van der Waals surface area contributed by atoms with Gasteiger partial charge >= 0.3 is 6.18 Å². The highest BCUT2D eigenvalue weighted by molar-refractivity contribution is 5.25. The smallest absolute Gasteiger partial charge is 0.393 e. The van der Waals surface area contributed by atoms with Gasteiger partial charge in [0.1, 0.15) is 0 Å². The van der Waals surface area contributed by atoms with Crippen molar-refractivity contribution in [3.63, 3.8) is 0 Å². The topological polar surface area (TPSA) is 20.2 Å². The molecule has 0 amide bonds. The van der Waals surface area contributed by atoms with Gasteiger partial charge in [-0.15, -0.1) is 0 Å². The van der Waals surface area contributed by atoms with E-state index in [1.165, 1.54) is 45.1 Å². The molecule has 0 saturated heterocycles. The Morgan fingerprint density at radius 1 is 1.03 bits per heavy atom. The van der Waals surface area contributed by atoms with Crippen LogP contribution in [0.3, 0.4) is 0 Å². The van der Waals surface area contributed by atoms with Crippen LogP contribution < -0.4 is 0 Å². The molecule has 7 atom stereocenters. The molecule has 1 nitrogen and oxygen atoms in total. The van der Waals surface area contributed by atoms with E-state index in [0.29, 0.717) is 17.8 Å². The number of hydrogen-bond acceptors (Lipinski definition) is 1. The average molecular weight is 427 g/mol. The van der Waals surface area contributed by atoms with Gasteiger partial charge in [-0.25, -0.2) is 0 Å². The number of rotatable bonds is 4. The molecule has 6 unspecified atom stereocenters. The van der Waals surface area contributed by atoms with Crippen molar-refractivity contribution in [3.8, 4) is 0 Å². The van der Waals surface area contributed by atoms with Crippen LogP contribution in [0.25, 0.3) is 0 Å². The second-order valence-electron chi connectivity index (χ2n) is 12.2. The van der Waals surface area contributed by atoms with Crippen molar-refractivity contribution < 1.29 is 18.3 Å². The lowest BCUT2D eigenvalue weighted by Gasteiger charge is -2.58. The first-order valence-electron chi connectivity index (χ1n) is 12.3. The lowest BCUT2D eigenvalue weighted by molar-refractivity contribution is -0.214. The molecule has 0 aromatic carbocycles. The maximum Gasteiger partial charge on any atom is 0.393 e. The number of alkyl halides is 3. The molecule has 4 rings (SSSR count). The Morgan fingerprint density at radius 3 is 2.47 bits per heavy atom. The SMILES string of the molecule is CC12CCC(O)CC1=CC[C@@H]1C2CCC2(C)C(CCCC(C)(C)C(F)(F)F)CCC12. The number of allylic oxidation sites excluding steroid dienone is 1. The molecule has 3 saturated carbocycles. The summed E-state index contributed by atoms with van der Waals surface area (Å²) >= 11 is 0. The van der Waals surface area contributed by atoms with E-state index in [2.05, 4.69) is 19.9 Å². The van der Waals surface area contributed by atoms with Gasteiger partial charge in [-0.2, -0.15) is 13.2 Å². The molecule has 0 aromatic rings. The van der Waals surface area contributed by atoms with Gasteiger partial charge in [0.25, 0.3) is 0 Å². The van der Waals surface area contributed by atoms with E-state index in [1.807, 2.05) is 0 Å². The van der Waals surface area contributed by atoms with Gasteiger partial charge in [0.05, 0.1) is 11.5 Å². The van der Waals surface area contributed by atoms with Crippen LogP contribution in [0, 0.1) is 39.9 Å². The zero-order valence-electron chi connectivity index (χ0n) is 19.3. The summed E-state index contributed by atoms with van der Waals surface area (Å²) in [5, 5.41) is 10.2. The van der Waals surface area contributed by atoms with Crippen LogP contribution in [0.4, 0.5) is 13.2 Å². The van der Waals surface area contributed by atoms with E-state index in [4.69, 9.17) is 0 Å². The molecule has 0 aromatic heterocycles. The van der Waals surface area contributed by atoms with Crippen LogP contribution in [-0.4, -0.2) is 17.4 Å². The second-order valence-corrected chi connectivity index (χ2v) is 12.2. The summed E-state index contributed by atoms with van der Waals surface area (Å²) in [4.78, 5) is 0. The van der Waals surface area contributed by atoms with Gasteiger partial charge in [-0.3, -0.25) is 0 Å². The maximum absolute atomic E-state index is 13.2. The van der Waals surface area contributed by atoms with Crippen LogP contribution in [-0.2, 0) is 0 Å². The quantitative estimate of drug-likeness (QED) is 0.457. The third-order valence-electron chi connectivity index (χ3n) is 10.4. The molecule has 1 N–H and O–H groups in total. The third-order valence-corrected chi connectivity index (χ3v) is 10.4. The Labute approximate surface area is 180 Å². The van der Waals surface area contributed by atoms with Crippen molar-refractivity contribution in [2.45, 2.75) is 111 Å². The summed E-state index contributed by atoms with van der Waals surface area (Å²) in [6.07, 6.45) is 9.07. The molecule has 0 heterocycles. The fourth-order valence-corrected chi connectivity index (χ4v) is 8.16. The van der Waals surface area contributed by atoms with Gasteiger partial charge in [0.2, 0.25) is 0 Å². The number of fused-ring (bicyclic) bond motifs is 5. The molecule has 0 radical (unpaired) electrons. The largest absolute Gasteiger partial charge is 0.393 e. The molecule has 3 fully saturated rings. The van der Waals surface area contributed by atoms with E-state index >= 15 is 0 Å². The van der Waals surface area contributed by atoms with Crippen molar-refractivity contribution in [2.75, 3.05) is 0 Å². The monoisotopic (exact) mass is 426 g/mol. The van der Waals surface area contributed by atoms with Crippen molar-refractivity contribution >= 4 is 0 Å². The van der Waals surface area contributed by atoms with E-state index in [9.17, 15) is 18.3 Å². The number of aliphatic hydroxyl groups excluding tert-OH is 1. The van der Waals surface area contributed by atoms with Gasteiger partial charge in [-0.1, -0.05) is 45.8 Å². The summed E-state index contributed by atoms with van der Waals surface area (Å²) < 4.78 is 39.7. The first kappa shape index (κ1) is 22.7. The van der Waals surface area contributed by atoms with E-state index < -0.39 is 11.6 Å². The summed E-state index contributed by atoms with van der Waals surface area (Å²) in [5.74, 6) is 2.76. The summed E-state index contributed by atoms with van der Waals surface area (Å²) in [5.41, 5.74) is 0.501. The molecular weight excluding hydrogens is 385 g/mol. The predicted octanol–water partition coefficient (Wildman–Crippen LogP) is 7.69. The normalized spacial score (nSPS) is 44.1. The van der Waals surface area contributed by atoms with Crippen LogP contribution in [0.15, 0.2) is 11.6 Å². The summed E-state index contributed by atoms with van der Waals surface area (Å²) in [7, 11) is 0. The molecule has 30 heavy (non-hydrogen) atoms. The summed E-state index contributed by atoms with van der Waals surface area (Å²) in [6, 6.07) is 0. The van der Waals surface area contributed by atoms with Crippen molar-refractivity contribution in [3.05, 3.63) is 11.6 Å². The van der Waals surface area contributed by atoms with E-state index in [0.717, 1.165) is 49.9 Å². The van der Waals surface area contributed by atoms with Gasteiger partial charge in [0, 0.05) is 0 Å². The predicted molar refractivity (Wildman–Crippen MR) is 115 cm³/mol. The molecule has 4 heteroatoms. The number of hydrogen-bond donors (Lipinski definition) is 1. The molecule has 4 aliphatic carbocycles. The first-order chi connectivity index (χ1) is 13.9. The Hall–Kier alpha value is -0.510. The molecule has 0 spiro atoms. The van der Waals surface area contributed by atoms with Crippen LogP contribution in [0.1, 0.15) is 98.3 Å². The van der Waals surface area contributed by atoms with Crippen molar-refractivity contribution in [2.24, 2.45) is 39.9 Å². The standard InChI is InChI=1S/C26H41F3O/c1-23(2,26(27,28)29)13-5-6-17-8-10-21-20-9-7-18-16-19(30)11-14-25(18,4)22(20)12-15-24(17,21)3/h7,17,19-22,30H,5-6,8-16H2,1-4H3/t17?,19?,20-,21?,22?,24?,25?/m0/s1. The minimum atomic E-state index is -4.11. The minimum Gasteiger partial charge on any atom is -0.393 e. The second kappa shape index (κ2) is 7.52. The lowest BCUT2D eigenvalue weighted by Crippen LogP contribution is -2.50. The molecular formula is C26H41F3O. The molecule has 0 bridgehead atoms. The Bertz CT molecular complexity index is 680. The number of halogens is 3. The zero-order valence-corrected chi connectivity index (χ0v) is 19.3. The zero-order chi connectivity index (χ0) is 21.9. The van der Waals surface area contributed by atoms with Crippen LogP contribution in [0.2, 0.25) is 0 Å². The minimum absolute atomic E-state index is 0.161. The van der Waals surface area contributed by atoms with Crippen molar-refractivity contribution in [1.82, 2.24) is 0 Å². The maximum atomic E-state index is 13.2. The highest BCUT2D eigenvalue weighted by atomic mass is 19.4. The van der Waals surface area contributed by atoms with Crippen LogP contribution in [0.5, 0.6) is 0 Å². The molecule has 172 valence electrons. The molecule has 4 aliphatic rings. The summed E-state index contributed by atoms with van der Waals surface area (Å²) in [6.45, 7) is 7.62. The highest BCUT2D eigenvalue weighted by Gasteiger charge is 2.58. The Balaban J connectivity index is 1.44. The fraction of sp³-hybridized carbons (Fsp3) is 0.923. The highest BCUT2D eigenvalue weighted by Crippen LogP contribution is 2.66. The van der Waals surface area contributed by atoms with E-state index in [-0.39, 0.29) is 17.9 Å². The number of aliphatic hydroxyl groups is 1. The third kappa shape index (κ3) is 3.57. The van der Waals surface area contributed by atoms with Gasteiger partial charge < -0.3 is 5.11 Å². The lowest BCUT2D eigenvalue weighted by atomic mass is 9.47.